The highest BCUT2D eigenvalue weighted by molar-refractivity contribution is 7.15. The molecule has 0 saturated heterocycles. The number of hydrogen-bond donors (Lipinski definition) is 2. The molecule has 2 aromatic rings. The first-order valence-electron chi connectivity index (χ1n) is 6.92. The summed E-state index contributed by atoms with van der Waals surface area (Å²) in [7, 11) is 0. The van der Waals surface area contributed by atoms with Crippen LogP contribution in [-0.2, 0) is 24.2 Å². The van der Waals surface area contributed by atoms with Crippen LogP contribution in [-0.4, -0.2) is 17.1 Å². The van der Waals surface area contributed by atoms with E-state index in [9.17, 15) is 4.79 Å². The summed E-state index contributed by atoms with van der Waals surface area (Å²) < 4.78 is 5.24. The molecule has 3 rings (SSSR count). The van der Waals surface area contributed by atoms with Crippen LogP contribution in [0.3, 0.4) is 0 Å². The third-order valence-electron chi connectivity index (χ3n) is 3.49. The normalized spacial score (nSPS) is 17.0. The largest absolute Gasteiger partial charge is 0.445 e. The summed E-state index contributed by atoms with van der Waals surface area (Å²) in [6, 6.07) is 9.74. The lowest BCUT2D eigenvalue weighted by atomic mass is 9.98. The van der Waals surface area contributed by atoms with Gasteiger partial charge in [0.25, 0.3) is 0 Å². The van der Waals surface area contributed by atoms with Crippen LogP contribution >= 0.6 is 11.3 Å². The molecule has 3 N–H and O–H groups in total. The van der Waals surface area contributed by atoms with Gasteiger partial charge in [-0.1, -0.05) is 30.3 Å². The number of hydrogen-bond acceptors (Lipinski definition) is 5. The number of nitrogens with two attached hydrogens (primary N) is 1. The van der Waals surface area contributed by atoms with E-state index in [1.807, 2.05) is 30.3 Å². The van der Waals surface area contributed by atoms with Gasteiger partial charge in [0.05, 0.1) is 5.69 Å². The number of thiazole rings is 1. The number of carbonyl (C=O) groups is 1. The Kier molecular flexibility index (Phi) is 4.06. The summed E-state index contributed by atoms with van der Waals surface area (Å²) in [6.07, 6.45) is 2.14. The van der Waals surface area contributed by atoms with Gasteiger partial charge in [-0.25, -0.2) is 9.78 Å². The van der Waals surface area contributed by atoms with E-state index in [0.717, 1.165) is 30.5 Å². The fourth-order valence-corrected chi connectivity index (χ4v) is 3.41. The number of alkyl carbamates (subject to hydrolysis) is 1. The third kappa shape index (κ3) is 3.52. The van der Waals surface area contributed by atoms with Crippen molar-refractivity contribution in [2.45, 2.75) is 31.9 Å². The van der Waals surface area contributed by atoms with Gasteiger partial charge in [-0.15, -0.1) is 11.3 Å². The van der Waals surface area contributed by atoms with Crippen LogP contribution in [0.5, 0.6) is 0 Å². The highest BCUT2D eigenvalue weighted by atomic mass is 32.1. The molecule has 1 atom stereocenters. The molecule has 21 heavy (non-hydrogen) atoms. The zero-order valence-electron chi connectivity index (χ0n) is 11.5. The van der Waals surface area contributed by atoms with E-state index >= 15 is 0 Å². The molecule has 1 heterocycles. The number of amides is 1. The van der Waals surface area contributed by atoms with Crippen LogP contribution in [0, 0.1) is 0 Å². The van der Waals surface area contributed by atoms with E-state index in [4.69, 9.17) is 10.5 Å². The van der Waals surface area contributed by atoms with Gasteiger partial charge in [-0.3, -0.25) is 0 Å². The molecule has 0 fully saturated rings. The van der Waals surface area contributed by atoms with Crippen molar-refractivity contribution in [2.24, 2.45) is 0 Å². The van der Waals surface area contributed by atoms with Gasteiger partial charge in [0, 0.05) is 17.3 Å². The maximum absolute atomic E-state index is 11.8. The van der Waals surface area contributed by atoms with Crippen molar-refractivity contribution in [3.8, 4) is 0 Å². The van der Waals surface area contributed by atoms with E-state index in [1.54, 1.807) is 0 Å². The molecule has 0 spiro atoms. The standard InChI is InChI=1S/C15H17N3O2S/c16-14-18-12-7-6-11(8-13(12)21-14)17-15(19)20-9-10-4-2-1-3-5-10/h1-5,11H,6-9H2,(H2,16,18)(H,17,19). The van der Waals surface area contributed by atoms with Crippen LogP contribution in [0.4, 0.5) is 9.93 Å². The van der Waals surface area contributed by atoms with Gasteiger partial charge in [0.2, 0.25) is 0 Å². The molecule has 0 radical (unpaired) electrons. The van der Waals surface area contributed by atoms with Crippen molar-refractivity contribution in [1.29, 1.82) is 0 Å². The number of nitrogen functional groups attached to an aromatic ring is 1. The second-order valence-electron chi connectivity index (χ2n) is 5.07. The van der Waals surface area contributed by atoms with Crippen molar-refractivity contribution in [2.75, 3.05) is 5.73 Å². The van der Waals surface area contributed by atoms with Crippen LogP contribution in [0.15, 0.2) is 30.3 Å². The van der Waals surface area contributed by atoms with E-state index < -0.39 is 0 Å². The van der Waals surface area contributed by atoms with Gasteiger partial charge in [0.1, 0.15) is 6.61 Å². The maximum atomic E-state index is 11.8. The Labute approximate surface area is 127 Å². The van der Waals surface area contributed by atoms with Gasteiger partial charge >= 0.3 is 6.09 Å². The lowest BCUT2D eigenvalue weighted by molar-refractivity contribution is 0.134. The fourth-order valence-electron chi connectivity index (χ4n) is 2.45. The Bertz CT molecular complexity index is 627. The SMILES string of the molecule is Nc1nc2c(s1)CC(NC(=O)OCc1ccccc1)CC2. The minimum atomic E-state index is -0.371. The van der Waals surface area contributed by atoms with E-state index in [-0.39, 0.29) is 18.7 Å². The number of nitrogens with zero attached hydrogens (tertiary/aromatic N) is 1. The topological polar surface area (TPSA) is 77.2 Å². The Balaban J connectivity index is 1.50. The molecule has 1 unspecified atom stereocenters. The number of ether oxygens (including phenoxy) is 1. The van der Waals surface area contributed by atoms with Crippen molar-refractivity contribution < 1.29 is 9.53 Å². The number of aryl methyl sites for hydroxylation is 1. The Morgan fingerprint density at radius 3 is 3.05 bits per heavy atom. The molecular weight excluding hydrogens is 286 g/mol. The summed E-state index contributed by atoms with van der Waals surface area (Å²) in [6.45, 7) is 0.290. The minimum absolute atomic E-state index is 0.0978. The Morgan fingerprint density at radius 2 is 2.24 bits per heavy atom. The second kappa shape index (κ2) is 6.13. The monoisotopic (exact) mass is 303 g/mol. The highest BCUT2D eigenvalue weighted by Crippen LogP contribution is 2.28. The first-order valence-corrected chi connectivity index (χ1v) is 7.73. The van der Waals surface area contributed by atoms with Crippen molar-refractivity contribution >= 4 is 22.6 Å². The number of fused-ring (bicyclic) bond motifs is 1. The van der Waals surface area contributed by atoms with E-state index in [0.29, 0.717) is 5.13 Å². The van der Waals surface area contributed by atoms with Crippen LogP contribution in [0.1, 0.15) is 22.6 Å². The molecule has 0 aliphatic heterocycles. The van der Waals surface area contributed by atoms with Crippen LogP contribution < -0.4 is 11.1 Å². The molecule has 110 valence electrons. The number of rotatable bonds is 3. The molecular formula is C15H17N3O2S. The highest BCUT2D eigenvalue weighted by Gasteiger charge is 2.23. The van der Waals surface area contributed by atoms with Crippen LogP contribution in [0.2, 0.25) is 0 Å². The number of benzene rings is 1. The average Bonchev–Trinajstić information content (AvgIpc) is 2.85. The molecule has 1 aliphatic rings. The van der Waals surface area contributed by atoms with Gasteiger partial charge in [-0.2, -0.15) is 0 Å². The molecule has 1 aliphatic carbocycles. The lowest BCUT2D eigenvalue weighted by Gasteiger charge is -2.22. The number of carbonyl (C=O) groups excluding carboxylic acids is 1. The molecule has 0 bridgehead atoms. The quantitative estimate of drug-likeness (QED) is 0.913. The predicted molar refractivity (Wildman–Crippen MR) is 82.1 cm³/mol. The summed E-state index contributed by atoms with van der Waals surface area (Å²) in [5.74, 6) is 0. The van der Waals surface area contributed by atoms with Gasteiger partial charge in [0.15, 0.2) is 5.13 Å². The first kappa shape index (κ1) is 13.9. The van der Waals surface area contributed by atoms with Crippen molar-refractivity contribution in [3.63, 3.8) is 0 Å². The molecule has 1 aromatic carbocycles. The number of anilines is 1. The minimum Gasteiger partial charge on any atom is -0.445 e. The summed E-state index contributed by atoms with van der Waals surface area (Å²) in [5.41, 5.74) is 7.77. The number of aromatic nitrogens is 1. The summed E-state index contributed by atoms with van der Waals surface area (Å²) in [5, 5.41) is 3.52. The number of nitrogens with one attached hydrogen (secondary N) is 1. The van der Waals surface area contributed by atoms with Gasteiger partial charge < -0.3 is 15.8 Å². The predicted octanol–water partition coefficient (Wildman–Crippen LogP) is 2.51. The summed E-state index contributed by atoms with van der Waals surface area (Å²) in [4.78, 5) is 17.3. The zero-order valence-corrected chi connectivity index (χ0v) is 12.4. The zero-order chi connectivity index (χ0) is 14.7. The van der Waals surface area contributed by atoms with Crippen LogP contribution in [0.25, 0.3) is 0 Å². The molecule has 0 saturated carbocycles. The molecule has 1 aromatic heterocycles. The molecule has 6 heteroatoms. The Hall–Kier alpha value is -2.08. The smallest absolute Gasteiger partial charge is 0.407 e. The fraction of sp³-hybridized carbons (Fsp3) is 0.333. The first-order chi connectivity index (χ1) is 10.2. The van der Waals surface area contributed by atoms with E-state index in [1.165, 1.54) is 16.2 Å². The average molecular weight is 303 g/mol. The molecule has 1 amide bonds. The van der Waals surface area contributed by atoms with Crippen molar-refractivity contribution in [3.05, 3.63) is 46.5 Å². The summed E-state index contributed by atoms with van der Waals surface area (Å²) >= 11 is 1.51. The third-order valence-corrected chi connectivity index (χ3v) is 4.44. The second-order valence-corrected chi connectivity index (χ2v) is 6.18. The maximum Gasteiger partial charge on any atom is 0.407 e. The lowest BCUT2D eigenvalue weighted by Crippen LogP contribution is -2.38. The van der Waals surface area contributed by atoms with Gasteiger partial charge in [-0.05, 0) is 18.4 Å². The molecule has 5 nitrogen and oxygen atoms in total. The van der Waals surface area contributed by atoms with E-state index in [2.05, 4.69) is 10.3 Å². The Morgan fingerprint density at radius 1 is 1.43 bits per heavy atom. The van der Waals surface area contributed by atoms with Crippen molar-refractivity contribution in [1.82, 2.24) is 10.3 Å².